The molecule has 1 aromatic heterocycles. The second-order valence-corrected chi connectivity index (χ2v) is 8.35. The molecule has 0 unspecified atom stereocenters. The van der Waals surface area contributed by atoms with E-state index in [2.05, 4.69) is 44.2 Å². The fourth-order valence-corrected chi connectivity index (χ4v) is 5.22. The van der Waals surface area contributed by atoms with Gasteiger partial charge in [-0.2, -0.15) is 4.98 Å². The highest BCUT2D eigenvalue weighted by Gasteiger charge is 2.38. The molecule has 3 aliphatic heterocycles. The van der Waals surface area contributed by atoms with Crippen LogP contribution in [-0.4, -0.2) is 58.8 Å². The summed E-state index contributed by atoms with van der Waals surface area (Å²) in [6.45, 7) is 4.70. The zero-order valence-electron chi connectivity index (χ0n) is 16.0. The number of piperidine rings is 1. The van der Waals surface area contributed by atoms with E-state index in [9.17, 15) is 0 Å². The fourth-order valence-electron chi connectivity index (χ4n) is 5.22. The molecule has 0 saturated carbocycles. The molecule has 1 aliphatic carbocycles. The molecule has 0 radical (unpaired) electrons. The summed E-state index contributed by atoms with van der Waals surface area (Å²) in [7, 11) is 1.65. The van der Waals surface area contributed by atoms with Crippen LogP contribution < -0.4 is 0 Å². The highest BCUT2D eigenvalue weighted by molar-refractivity contribution is 5.33. The number of methoxy groups -OCH3 is 1. The van der Waals surface area contributed by atoms with Gasteiger partial charge in [-0.05, 0) is 42.7 Å². The lowest BCUT2D eigenvalue weighted by Crippen LogP contribution is -2.44. The normalized spacial score (nSPS) is 26.4. The van der Waals surface area contributed by atoms with Crippen molar-refractivity contribution in [1.82, 2.24) is 19.9 Å². The SMILES string of the molecule is COCc1noc(CN2C[C@@H]3CC[C@H]2CN(C2Cc4ccccc4C2)C3)n1. The second kappa shape index (κ2) is 7.34. The van der Waals surface area contributed by atoms with E-state index in [4.69, 9.17) is 9.26 Å². The predicted molar refractivity (Wildman–Crippen MR) is 101 cm³/mol. The van der Waals surface area contributed by atoms with Crippen LogP contribution in [0.15, 0.2) is 28.8 Å². The number of fused-ring (bicyclic) bond motifs is 5. The van der Waals surface area contributed by atoms with Crippen LogP contribution in [0.5, 0.6) is 0 Å². The smallest absolute Gasteiger partial charge is 0.240 e. The molecule has 6 nitrogen and oxygen atoms in total. The molecule has 1 aromatic carbocycles. The summed E-state index contributed by atoms with van der Waals surface area (Å²) in [5.74, 6) is 2.10. The van der Waals surface area contributed by atoms with Gasteiger partial charge < -0.3 is 9.26 Å². The number of aromatic nitrogens is 2. The average molecular weight is 368 g/mol. The summed E-state index contributed by atoms with van der Waals surface area (Å²) >= 11 is 0. The van der Waals surface area contributed by atoms with Crippen molar-refractivity contribution in [3.8, 4) is 0 Å². The first-order chi connectivity index (χ1) is 13.3. The van der Waals surface area contributed by atoms with Crippen LogP contribution in [0.2, 0.25) is 0 Å². The maximum atomic E-state index is 5.44. The lowest BCUT2D eigenvalue weighted by Gasteiger charge is -2.35. The van der Waals surface area contributed by atoms with Crippen LogP contribution in [0.25, 0.3) is 0 Å². The van der Waals surface area contributed by atoms with E-state index in [0.717, 1.165) is 31.4 Å². The maximum Gasteiger partial charge on any atom is 0.240 e. The van der Waals surface area contributed by atoms with Gasteiger partial charge in [0.05, 0.1) is 6.54 Å². The first kappa shape index (κ1) is 17.3. The fraction of sp³-hybridized carbons (Fsp3) is 0.619. The molecule has 0 amide bonds. The summed E-state index contributed by atoms with van der Waals surface area (Å²) in [5, 5.41) is 4.01. The molecular formula is C21H28N4O2. The zero-order valence-corrected chi connectivity index (χ0v) is 16.0. The summed E-state index contributed by atoms with van der Waals surface area (Å²) in [6.07, 6.45) is 5.04. The van der Waals surface area contributed by atoms with Gasteiger partial charge in [0.15, 0.2) is 5.82 Å². The highest BCUT2D eigenvalue weighted by atomic mass is 16.5. The molecule has 27 heavy (non-hydrogen) atoms. The Morgan fingerprint density at radius 3 is 2.67 bits per heavy atom. The molecule has 0 spiro atoms. The van der Waals surface area contributed by atoms with Crippen LogP contribution in [0, 0.1) is 5.92 Å². The van der Waals surface area contributed by atoms with Crippen molar-refractivity contribution in [1.29, 1.82) is 0 Å². The molecule has 144 valence electrons. The molecule has 2 aromatic rings. The molecule has 2 bridgehead atoms. The van der Waals surface area contributed by atoms with Gasteiger partial charge in [-0.1, -0.05) is 29.4 Å². The van der Waals surface area contributed by atoms with Crippen molar-refractivity contribution in [2.24, 2.45) is 5.92 Å². The minimum Gasteiger partial charge on any atom is -0.377 e. The van der Waals surface area contributed by atoms with Crippen molar-refractivity contribution in [3.63, 3.8) is 0 Å². The van der Waals surface area contributed by atoms with Crippen molar-refractivity contribution in [3.05, 3.63) is 47.1 Å². The van der Waals surface area contributed by atoms with Gasteiger partial charge in [-0.3, -0.25) is 9.80 Å². The maximum absolute atomic E-state index is 5.44. The van der Waals surface area contributed by atoms with Crippen molar-refractivity contribution < 1.29 is 9.26 Å². The number of benzene rings is 1. The van der Waals surface area contributed by atoms with Gasteiger partial charge in [0.2, 0.25) is 5.89 Å². The Hall–Kier alpha value is -1.76. The van der Waals surface area contributed by atoms with Gasteiger partial charge in [0.25, 0.3) is 0 Å². The van der Waals surface area contributed by atoms with E-state index in [1.165, 1.54) is 32.2 Å². The van der Waals surface area contributed by atoms with Crippen LogP contribution in [0.3, 0.4) is 0 Å². The van der Waals surface area contributed by atoms with Crippen LogP contribution in [0.4, 0.5) is 0 Å². The summed E-state index contributed by atoms with van der Waals surface area (Å²) in [6, 6.07) is 10.2. The van der Waals surface area contributed by atoms with Crippen molar-refractivity contribution in [2.75, 3.05) is 26.7 Å². The Balaban J connectivity index is 1.26. The third-order valence-electron chi connectivity index (χ3n) is 6.52. The highest BCUT2D eigenvalue weighted by Crippen LogP contribution is 2.33. The first-order valence-electron chi connectivity index (χ1n) is 10.1. The molecule has 3 saturated heterocycles. The van der Waals surface area contributed by atoms with Gasteiger partial charge in [-0.15, -0.1) is 0 Å². The molecule has 6 heteroatoms. The van der Waals surface area contributed by atoms with Crippen LogP contribution in [0.1, 0.15) is 35.7 Å². The van der Waals surface area contributed by atoms with E-state index >= 15 is 0 Å². The van der Waals surface area contributed by atoms with E-state index in [0.29, 0.717) is 24.5 Å². The van der Waals surface area contributed by atoms with Crippen molar-refractivity contribution >= 4 is 0 Å². The standard InChI is InChI=1S/C21H28N4O2/c1-26-14-20-22-21(27-23-20)13-25-11-15-6-7-18(25)12-24(10-15)19-8-16-4-2-3-5-17(16)9-19/h2-5,15,18-19H,6-14H2,1H3/t15-,18+/m1/s1. The topological polar surface area (TPSA) is 54.6 Å². The Morgan fingerprint density at radius 2 is 1.89 bits per heavy atom. The molecule has 4 aliphatic rings. The minimum atomic E-state index is 0.408. The largest absolute Gasteiger partial charge is 0.377 e. The summed E-state index contributed by atoms with van der Waals surface area (Å²) in [5.41, 5.74) is 3.10. The Labute approximate surface area is 160 Å². The second-order valence-electron chi connectivity index (χ2n) is 8.35. The van der Waals surface area contributed by atoms with E-state index < -0.39 is 0 Å². The van der Waals surface area contributed by atoms with E-state index in [-0.39, 0.29) is 0 Å². The lowest BCUT2D eigenvalue weighted by atomic mass is 9.95. The van der Waals surface area contributed by atoms with Gasteiger partial charge in [0, 0.05) is 38.8 Å². The number of nitrogens with zero attached hydrogens (tertiary/aromatic N) is 4. The third-order valence-corrected chi connectivity index (χ3v) is 6.52. The monoisotopic (exact) mass is 368 g/mol. The zero-order chi connectivity index (χ0) is 18.2. The molecule has 0 N–H and O–H groups in total. The molecular weight excluding hydrogens is 340 g/mol. The average Bonchev–Trinajstić information content (AvgIpc) is 3.20. The predicted octanol–water partition coefficient (Wildman–Crippen LogP) is 2.28. The Bertz CT molecular complexity index is 767. The lowest BCUT2D eigenvalue weighted by molar-refractivity contribution is 0.107. The first-order valence-corrected chi connectivity index (χ1v) is 10.1. The Morgan fingerprint density at radius 1 is 1.07 bits per heavy atom. The quantitative estimate of drug-likeness (QED) is 0.807. The summed E-state index contributed by atoms with van der Waals surface area (Å²) < 4.78 is 10.5. The van der Waals surface area contributed by atoms with Gasteiger partial charge in [-0.25, -0.2) is 0 Å². The van der Waals surface area contributed by atoms with E-state index in [1.807, 2.05) is 0 Å². The molecule has 4 heterocycles. The Kier molecular flexibility index (Phi) is 4.71. The molecule has 6 rings (SSSR count). The van der Waals surface area contributed by atoms with Crippen LogP contribution in [-0.2, 0) is 30.7 Å². The molecule has 2 atom stereocenters. The number of hydrogen-bond acceptors (Lipinski definition) is 6. The minimum absolute atomic E-state index is 0.408. The number of rotatable bonds is 5. The van der Waals surface area contributed by atoms with Gasteiger partial charge >= 0.3 is 0 Å². The third kappa shape index (κ3) is 3.53. The summed E-state index contributed by atoms with van der Waals surface area (Å²) in [4.78, 5) is 9.81. The van der Waals surface area contributed by atoms with E-state index in [1.54, 1.807) is 18.2 Å². The molecule has 3 fully saturated rings. The number of hydrogen-bond donors (Lipinski definition) is 0. The van der Waals surface area contributed by atoms with Gasteiger partial charge in [0.1, 0.15) is 6.61 Å². The van der Waals surface area contributed by atoms with Crippen LogP contribution >= 0.6 is 0 Å². The van der Waals surface area contributed by atoms with Crippen molar-refractivity contribution in [2.45, 2.75) is 50.9 Å². The number of ether oxygens (including phenoxy) is 1.